The Hall–Kier alpha value is -2.37. The second-order valence-electron chi connectivity index (χ2n) is 3.54. The van der Waals surface area contributed by atoms with Gasteiger partial charge >= 0.3 is 0 Å². The van der Waals surface area contributed by atoms with E-state index in [4.69, 9.17) is 5.73 Å². The highest BCUT2D eigenvalue weighted by molar-refractivity contribution is 5.71. The van der Waals surface area contributed by atoms with Gasteiger partial charge in [-0.2, -0.15) is 14.6 Å². The maximum Gasteiger partial charge on any atom is 0.252 e. The summed E-state index contributed by atoms with van der Waals surface area (Å²) in [5.74, 6) is 0.547. The van der Waals surface area contributed by atoms with E-state index >= 15 is 0 Å². The molecule has 0 radical (unpaired) electrons. The molecule has 0 spiro atoms. The predicted molar refractivity (Wildman–Crippen MR) is 59.6 cm³/mol. The molecule has 3 aromatic heterocycles. The molecule has 0 aliphatic rings. The van der Waals surface area contributed by atoms with Crippen molar-refractivity contribution in [2.45, 2.75) is 0 Å². The van der Waals surface area contributed by atoms with Crippen LogP contribution >= 0.6 is 0 Å². The second kappa shape index (κ2) is 3.06. The maximum atomic E-state index is 5.94. The molecule has 0 fully saturated rings. The van der Waals surface area contributed by atoms with Crippen LogP contribution in [-0.4, -0.2) is 24.1 Å². The normalized spacial score (nSPS) is 11.1. The van der Waals surface area contributed by atoms with Crippen LogP contribution in [-0.2, 0) is 7.05 Å². The largest absolute Gasteiger partial charge is 0.396 e. The molecule has 3 rings (SSSR count). The lowest BCUT2D eigenvalue weighted by molar-refractivity contribution is 0.893. The topological polar surface area (TPSA) is 74.0 Å². The van der Waals surface area contributed by atoms with Crippen LogP contribution in [0.2, 0.25) is 0 Å². The Morgan fingerprint density at radius 2 is 2.19 bits per heavy atom. The zero-order chi connectivity index (χ0) is 11.1. The number of hydrogen-bond donors (Lipinski definition) is 1. The minimum atomic E-state index is 0.547. The van der Waals surface area contributed by atoms with Crippen molar-refractivity contribution in [1.29, 1.82) is 0 Å². The molecule has 2 N–H and O–H groups in total. The summed E-state index contributed by atoms with van der Waals surface area (Å²) < 4.78 is 3.62. The van der Waals surface area contributed by atoms with E-state index in [0.717, 1.165) is 11.4 Å². The first-order valence-electron chi connectivity index (χ1n) is 4.83. The summed E-state index contributed by atoms with van der Waals surface area (Å²) in [5.41, 5.74) is 8.32. The highest BCUT2D eigenvalue weighted by atomic mass is 15.3. The highest BCUT2D eigenvalue weighted by Crippen LogP contribution is 2.24. The Bertz CT molecular complexity index is 650. The molecule has 0 aliphatic heterocycles. The third kappa shape index (κ3) is 1.10. The van der Waals surface area contributed by atoms with Gasteiger partial charge in [0.2, 0.25) is 0 Å². The number of nitrogen functional groups attached to an aromatic ring is 1. The zero-order valence-electron chi connectivity index (χ0n) is 8.70. The first kappa shape index (κ1) is 8.90. The van der Waals surface area contributed by atoms with Gasteiger partial charge in [0.05, 0.1) is 17.6 Å². The summed E-state index contributed by atoms with van der Waals surface area (Å²) in [7, 11) is 1.96. The van der Waals surface area contributed by atoms with Gasteiger partial charge in [-0.05, 0) is 12.1 Å². The van der Waals surface area contributed by atoms with Crippen LogP contribution in [0.1, 0.15) is 0 Å². The predicted octanol–water partition coefficient (Wildman–Crippen LogP) is 0.712. The Morgan fingerprint density at radius 3 is 2.94 bits per heavy atom. The van der Waals surface area contributed by atoms with Gasteiger partial charge in [-0.25, -0.2) is 4.98 Å². The van der Waals surface area contributed by atoms with Crippen LogP contribution < -0.4 is 5.73 Å². The number of nitrogens with zero attached hydrogens (tertiary/aromatic N) is 5. The van der Waals surface area contributed by atoms with Crippen LogP contribution in [0.25, 0.3) is 17.2 Å². The first-order valence-corrected chi connectivity index (χ1v) is 4.83. The average molecular weight is 214 g/mol. The summed E-state index contributed by atoms with van der Waals surface area (Å²) in [4.78, 5) is 8.13. The lowest BCUT2D eigenvalue weighted by Crippen LogP contribution is -2.04. The summed E-state index contributed by atoms with van der Waals surface area (Å²) >= 11 is 0. The molecule has 3 heterocycles. The average Bonchev–Trinajstić information content (AvgIpc) is 2.87. The van der Waals surface area contributed by atoms with Crippen molar-refractivity contribution in [1.82, 2.24) is 24.1 Å². The van der Waals surface area contributed by atoms with Crippen LogP contribution in [0.3, 0.4) is 0 Å². The van der Waals surface area contributed by atoms with Gasteiger partial charge in [-0.3, -0.25) is 0 Å². The fourth-order valence-corrected chi connectivity index (χ4v) is 1.76. The molecule has 0 saturated heterocycles. The van der Waals surface area contributed by atoms with Crippen molar-refractivity contribution >= 4 is 11.5 Å². The van der Waals surface area contributed by atoms with Gasteiger partial charge in [0, 0.05) is 13.2 Å². The molecule has 80 valence electrons. The van der Waals surface area contributed by atoms with E-state index in [1.54, 1.807) is 10.7 Å². The minimum absolute atomic E-state index is 0.547. The molecule has 0 aliphatic carbocycles. The lowest BCUT2D eigenvalue weighted by Gasteiger charge is -2.07. The molecule has 3 aromatic rings. The molecule has 0 saturated carbocycles. The minimum Gasteiger partial charge on any atom is -0.396 e. The third-order valence-electron chi connectivity index (χ3n) is 2.52. The fourth-order valence-electron chi connectivity index (χ4n) is 1.76. The van der Waals surface area contributed by atoms with Gasteiger partial charge < -0.3 is 10.3 Å². The number of hydrogen-bond acceptors (Lipinski definition) is 4. The Morgan fingerprint density at radius 1 is 1.31 bits per heavy atom. The summed E-state index contributed by atoms with van der Waals surface area (Å²) in [5, 5.41) is 4.13. The Kier molecular flexibility index (Phi) is 1.70. The Labute approximate surface area is 91.4 Å². The van der Waals surface area contributed by atoms with E-state index in [0.29, 0.717) is 11.5 Å². The SMILES string of the molecule is Cn1cccc1-c1c(N)cnc2ncnn12. The van der Waals surface area contributed by atoms with Crippen molar-refractivity contribution in [3.8, 4) is 11.4 Å². The molecule has 16 heavy (non-hydrogen) atoms. The first-order chi connectivity index (χ1) is 7.77. The number of anilines is 1. The van der Waals surface area contributed by atoms with Gasteiger partial charge in [-0.15, -0.1) is 0 Å². The van der Waals surface area contributed by atoms with E-state index in [2.05, 4.69) is 15.1 Å². The van der Waals surface area contributed by atoms with Gasteiger partial charge in [-0.1, -0.05) is 0 Å². The molecule has 0 aromatic carbocycles. The van der Waals surface area contributed by atoms with Crippen molar-refractivity contribution in [3.05, 3.63) is 30.9 Å². The number of nitrogens with two attached hydrogens (primary N) is 1. The molecular formula is C10H10N6. The van der Waals surface area contributed by atoms with Gasteiger partial charge in [0.15, 0.2) is 0 Å². The van der Waals surface area contributed by atoms with E-state index in [-0.39, 0.29) is 0 Å². The maximum absolute atomic E-state index is 5.94. The molecule has 0 unspecified atom stereocenters. The summed E-state index contributed by atoms with van der Waals surface area (Å²) in [6.45, 7) is 0. The quantitative estimate of drug-likeness (QED) is 0.647. The fraction of sp³-hybridized carbons (Fsp3) is 0.100. The van der Waals surface area contributed by atoms with E-state index in [1.165, 1.54) is 6.33 Å². The number of fused-ring (bicyclic) bond motifs is 1. The molecular weight excluding hydrogens is 204 g/mol. The smallest absolute Gasteiger partial charge is 0.252 e. The molecule has 6 heteroatoms. The Balaban J connectivity index is 2.42. The van der Waals surface area contributed by atoms with Crippen molar-refractivity contribution in [2.75, 3.05) is 5.73 Å². The van der Waals surface area contributed by atoms with Crippen molar-refractivity contribution in [3.63, 3.8) is 0 Å². The molecule has 0 bridgehead atoms. The van der Waals surface area contributed by atoms with Gasteiger partial charge in [0.25, 0.3) is 5.78 Å². The second-order valence-corrected chi connectivity index (χ2v) is 3.54. The van der Waals surface area contributed by atoms with E-state index in [1.807, 2.05) is 29.9 Å². The standard InChI is InChI=1S/C10H10N6/c1-15-4-2-3-8(15)9-7(11)5-12-10-13-6-14-16(9)10/h2-6H,11H2,1H3. The number of aryl methyl sites for hydroxylation is 1. The molecule has 6 nitrogen and oxygen atoms in total. The monoisotopic (exact) mass is 214 g/mol. The number of aromatic nitrogens is 5. The van der Waals surface area contributed by atoms with Crippen LogP contribution in [0.5, 0.6) is 0 Å². The number of rotatable bonds is 1. The van der Waals surface area contributed by atoms with E-state index < -0.39 is 0 Å². The lowest BCUT2D eigenvalue weighted by atomic mass is 10.2. The molecule has 0 atom stereocenters. The van der Waals surface area contributed by atoms with Crippen molar-refractivity contribution < 1.29 is 0 Å². The van der Waals surface area contributed by atoms with Crippen LogP contribution in [0.4, 0.5) is 5.69 Å². The van der Waals surface area contributed by atoms with E-state index in [9.17, 15) is 0 Å². The summed E-state index contributed by atoms with van der Waals surface area (Å²) in [6, 6.07) is 3.94. The van der Waals surface area contributed by atoms with Crippen LogP contribution in [0, 0.1) is 0 Å². The van der Waals surface area contributed by atoms with Crippen LogP contribution in [0.15, 0.2) is 30.9 Å². The van der Waals surface area contributed by atoms with Gasteiger partial charge in [0.1, 0.15) is 12.0 Å². The highest BCUT2D eigenvalue weighted by Gasteiger charge is 2.12. The third-order valence-corrected chi connectivity index (χ3v) is 2.52. The van der Waals surface area contributed by atoms with Crippen molar-refractivity contribution in [2.24, 2.45) is 7.05 Å². The zero-order valence-corrected chi connectivity index (χ0v) is 8.70. The molecule has 0 amide bonds. The summed E-state index contributed by atoms with van der Waals surface area (Å²) in [6.07, 6.45) is 5.03.